The minimum absolute atomic E-state index is 0.127. The number of rotatable bonds is 4. The molecule has 0 saturated heterocycles. The van der Waals surface area contributed by atoms with Crippen LogP contribution in [0, 0.1) is 17.8 Å². The van der Waals surface area contributed by atoms with Gasteiger partial charge in [-0.2, -0.15) is 0 Å². The van der Waals surface area contributed by atoms with Crippen LogP contribution in [0.3, 0.4) is 0 Å². The Kier molecular flexibility index (Phi) is 4.53. The van der Waals surface area contributed by atoms with Gasteiger partial charge in [-0.05, 0) is 25.3 Å². The first-order valence-electron chi connectivity index (χ1n) is 6.55. The van der Waals surface area contributed by atoms with E-state index in [1.807, 2.05) is 6.92 Å². The molecule has 2 N–H and O–H groups in total. The normalized spacial score (nSPS) is 15.3. The summed E-state index contributed by atoms with van der Waals surface area (Å²) in [6, 6.07) is 1.83. The minimum atomic E-state index is -0.228. The Hall–Kier alpha value is -1.86. The molecular formula is C15H18N2O2. The minimum Gasteiger partial charge on any atom is -0.384 e. The Morgan fingerprint density at radius 3 is 3.11 bits per heavy atom. The third-order valence-electron chi connectivity index (χ3n) is 3.13. The van der Waals surface area contributed by atoms with Crippen molar-refractivity contribution >= 4 is 5.91 Å². The molecule has 0 spiro atoms. The number of aromatic nitrogens is 1. The van der Waals surface area contributed by atoms with Crippen LogP contribution < -0.4 is 5.32 Å². The van der Waals surface area contributed by atoms with Crippen molar-refractivity contribution in [3.63, 3.8) is 0 Å². The summed E-state index contributed by atoms with van der Waals surface area (Å²) in [7, 11) is 0. The molecule has 0 bridgehead atoms. The first-order chi connectivity index (χ1) is 9.20. The lowest BCUT2D eigenvalue weighted by atomic mass is 10.1. The third-order valence-corrected chi connectivity index (χ3v) is 3.13. The van der Waals surface area contributed by atoms with Crippen LogP contribution in [0.5, 0.6) is 0 Å². The van der Waals surface area contributed by atoms with Crippen molar-refractivity contribution < 1.29 is 9.90 Å². The van der Waals surface area contributed by atoms with E-state index in [0.717, 1.165) is 12.3 Å². The number of carbonyl (C=O) groups is 1. The van der Waals surface area contributed by atoms with Gasteiger partial charge in [0, 0.05) is 18.4 Å². The highest BCUT2D eigenvalue weighted by Gasteiger charge is 2.24. The molecule has 1 aliphatic rings. The van der Waals surface area contributed by atoms with E-state index >= 15 is 0 Å². The number of pyridine rings is 1. The highest BCUT2D eigenvalue weighted by molar-refractivity contribution is 5.96. The van der Waals surface area contributed by atoms with Crippen molar-refractivity contribution in [3.05, 3.63) is 29.6 Å². The number of aliphatic hydroxyl groups is 1. The van der Waals surface area contributed by atoms with Crippen LogP contribution in [0.15, 0.2) is 18.5 Å². The molecule has 1 aromatic rings. The van der Waals surface area contributed by atoms with Gasteiger partial charge in [-0.25, -0.2) is 0 Å². The highest BCUT2D eigenvalue weighted by atomic mass is 16.2. The summed E-state index contributed by atoms with van der Waals surface area (Å²) in [5.41, 5.74) is 1.06. The van der Waals surface area contributed by atoms with Crippen LogP contribution in [0.2, 0.25) is 0 Å². The van der Waals surface area contributed by atoms with Gasteiger partial charge in [-0.15, -0.1) is 0 Å². The second-order valence-electron chi connectivity index (χ2n) is 4.93. The molecule has 0 aromatic carbocycles. The smallest absolute Gasteiger partial charge is 0.252 e. The number of aliphatic hydroxyl groups excluding tert-OH is 1. The molecule has 100 valence electrons. The van der Waals surface area contributed by atoms with Crippen molar-refractivity contribution in [2.24, 2.45) is 5.92 Å². The van der Waals surface area contributed by atoms with Crippen molar-refractivity contribution in [2.75, 3.05) is 6.61 Å². The average Bonchev–Trinajstić information content (AvgIpc) is 3.20. The fraction of sp³-hybridized carbons (Fsp3) is 0.467. The predicted molar refractivity (Wildman–Crippen MR) is 72.5 cm³/mol. The number of hydrogen-bond donors (Lipinski definition) is 2. The van der Waals surface area contributed by atoms with Gasteiger partial charge < -0.3 is 10.4 Å². The van der Waals surface area contributed by atoms with Gasteiger partial charge in [0.2, 0.25) is 0 Å². The molecule has 0 aliphatic heterocycles. The van der Waals surface area contributed by atoms with Crippen molar-refractivity contribution in [2.45, 2.75) is 32.2 Å². The Bertz CT molecular complexity index is 512. The maximum absolute atomic E-state index is 12.2. The van der Waals surface area contributed by atoms with Crippen molar-refractivity contribution in [1.29, 1.82) is 0 Å². The molecule has 19 heavy (non-hydrogen) atoms. The fourth-order valence-corrected chi connectivity index (χ4v) is 2.04. The van der Waals surface area contributed by atoms with E-state index in [1.165, 1.54) is 12.8 Å². The lowest BCUT2D eigenvalue weighted by Crippen LogP contribution is -2.33. The largest absolute Gasteiger partial charge is 0.384 e. The Morgan fingerprint density at radius 2 is 2.42 bits per heavy atom. The van der Waals surface area contributed by atoms with Crippen LogP contribution >= 0.6 is 0 Å². The molecule has 1 atom stereocenters. The molecule has 1 unspecified atom stereocenters. The molecule has 2 rings (SSSR count). The van der Waals surface area contributed by atoms with Crippen LogP contribution in [0.4, 0.5) is 0 Å². The van der Waals surface area contributed by atoms with Crippen molar-refractivity contribution in [1.82, 2.24) is 10.3 Å². The molecule has 1 heterocycles. The summed E-state index contributed by atoms with van der Waals surface area (Å²) < 4.78 is 0. The van der Waals surface area contributed by atoms with Crippen molar-refractivity contribution in [3.8, 4) is 11.8 Å². The fourth-order valence-electron chi connectivity index (χ4n) is 2.04. The van der Waals surface area contributed by atoms with E-state index < -0.39 is 0 Å². The van der Waals surface area contributed by atoms with Gasteiger partial charge >= 0.3 is 0 Å². The van der Waals surface area contributed by atoms with E-state index in [-0.39, 0.29) is 18.6 Å². The second-order valence-corrected chi connectivity index (χ2v) is 4.93. The van der Waals surface area contributed by atoms with Gasteiger partial charge in [0.05, 0.1) is 11.1 Å². The van der Waals surface area contributed by atoms with Gasteiger partial charge in [-0.3, -0.25) is 9.78 Å². The van der Waals surface area contributed by atoms with E-state index in [2.05, 4.69) is 22.1 Å². The standard InChI is InChI=1S/C15H18N2O2/c1-11(9-12-4-5-12)17-15(19)14-6-7-16-10-13(14)3-2-8-18/h6-7,10-12,18H,4-5,8-9H2,1H3,(H,17,19). The second kappa shape index (κ2) is 6.35. The maximum atomic E-state index is 12.2. The van der Waals surface area contributed by atoms with Gasteiger partial charge in [0.15, 0.2) is 0 Å². The van der Waals surface area contributed by atoms with E-state index in [4.69, 9.17) is 5.11 Å². The Labute approximate surface area is 113 Å². The zero-order chi connectivity index (χ0) is 13.7. The summed E-state index contributed by atoms with van der Waals surface area (Å²) in [6.45, 7) is 1.80. The molecule has 4 nitrogen and oxygen atoms in total. The van der Waals surface area contributed by atoms with Gasteiger partial charge in [0.1, 0.15) is 6.61 Å². The molecule has 1 amide bonds. The topological polar surface area (TPSA) is 62.2 Å². The van der Waals surface area contributed by atoms with E-state index in [0.29, 0.717) is 11.1 Å². The first kappa shape index (κ1) is 13.6. The first-order valence-corrected chi connectivity index (χ1v) is 6.55. The predicted octanol–water partition coefficient (Wildman–Crippen LogP) is 1.34. The number of hydrogen-bond acceptors (Lipinski definition) is 3. The van der Waals surface area contributed by atoms with E-state index in [1.54, 1.807) is 18.5 Å². The van der Waals surface area contributed by atoms with Crippen LogP contribution in [0.1, 0.15) is 42.1 Å². The van der Waals surface area contributed by atoms with Crippen LogP contribution in [-0.4, -0.2) is 28.6 Å². The zero-order valence-corrected chi connectivity index (χ0v) is 11.0. The third kappa shape index (κ3) is 4.08. The van der Waals surface area contributed by atoms with Gasteiger partial charge in [-0.1, -0.05) is 24.7 Å². The molecule has 4 heteroatoms. The molecular weight excluding hydrogens is 240 g/mol. The SMILES string of the molecule is CC(CC1CC1)NC(=O)c1ccncc1C#CCO. The Balaban J connectivity index is 2.04. The number of amides is 1. The summed E-state index contributed by atoms with van der Waals surface area (Å²) in [5, 5.41) is 11.7. The monoisotopic (exact) mass is 258 g/mol. The average molecular weight is 258 g/mol. The zero-order valence-electron chi connectivity index (χ0n) is 11.0. The summed E-state index contributed by atoms with van der Waals surface area (Å²) in [5.74, 6) is 5.94. The van der Waals surface area contributed by atoms with E-state index in [9.17, 15) is 4.79 Å². The number of carbonyl (C=O) groups excluding carboxylic acids is 1. The maximum Gasteiger partial charge on any atom is 0.252 e. The summed E-state index contributed by atoms with van der Waals surface area (Å²) >= 11 is 0. The number of nitrogens with zero attached hydrogens (tertiary/aromatic N) is 1. The van der Waals surface area contributed by atoms with Crippen LogP contribution in [-0.2, 0) is 0 Å². The molecule has 1 aliphatic carbocycles. The van der Waals surface area contributed by atoms with Gasteiger partial charge in [0.25, 0.3) is 5.91 Å². The Morgan fingerprint density at radius 1 is 1.63 bits per heavy atom. The molecule has 1 saturated carbocycles. The lowest BCUT2D eigenvalue weighted by Gasteiger charge is -2.13. The molecule has 0 radical (unpaired) electrons. The highest BCUT2D eigenvalue weighted by Crippen LogP contribution is 2.33. The lowest BCUT2D eigenvalue weighted by molar-refractivity contribution is 0.0937. The van der Waals surface area contributed by atoms with Crippen LogP contribution in [0.25, 0.3) is 0 Å². The number of nitrogens with one attached hydrogen (secondary N) is 1. The molecule has 1 aromatic heterocycles. The molecule has 1 fully saturated rings. The quantitative estimate of drug-likeness (QED) is 0.801. The summed E-state index contributed by atoms with van der Waals surface area (Å²) in [4.78, 5) is 16.1. The summed E-state index contributed by atoms with van der Waals surface area (Å²) in [6.07, 6.45) is 6.72.